The summed E-state index contributed by atoms with van der Waals surface area (Å²) in [4.78, 5) is 0. The highest BCUT2D eigenvalue weighted by Crippen LogP contribution is 2.99. The summed E-state index contributed by atoms with van der Waals surface area (Å²) < 4.78 is 0. The zero-order valence-corrected chi connectivity index (χ0v) is 28.9. The van der Waals surface area contributed by atoms with Crippen LogP contribution in [0.25, 0.3) is 0 Å². The van der Waals surface area contributed by atoms with Crippen molar-refractivity contribution >= 4 is 0 Å². The lowest BCUT2D eigenvalue weighted by Crippen LogP contribution is -2.68. The van der Waals surface area contributed by atoms with E-state index in [2.05, 4.69) is 57.7 Å². The van der Waals surface area contributed by atoms with Crippen LogP contribution < -0.4 is 0 Å². The first-order chi connectivity index (χ1) is 24.4. The van der Waals surface area contributed by atoms with E-state index in [1.54, 1.807) is 57.8 Å². The van der Waals surface area contributed by atoms with Gasteiger partial charge >= 0.3 is 0 Å². The third-order valence-electron chi connectivity index (χ3n) is 24.9. The van der Waals surface area contributed by atoms with Crippen LogP contribution in [0.1, 0.15) is 93.6 Å². The Bertz CT molecular complexity index is 2110. The van der Waals surface area contributed by atoms with Gasteiger partial charge in [-0.2, -0.15) is 0 Å². The summed E-state index contributed by atoms with van der Waals surface area (Å²) >= 11 is 0. The SMILES string of the molecule is c1ccc2c(c1)[C@H]1C[C@@H]2C23C4CCC5C6=C7C8=C(CC6)C6CCC9C%10CCC%11C%12CCC4=C4C%12C%12C%11C%10C%10C9C6C8C6C%10C%12C(C6C7C512)C43. The van der Waals surface area contributed by atoms with E-state index in [-0.39, 0.29) is 0 Å². The zero-order valence-electron chi connectivity index (χ0n) is 28.9. The van der Waals surface area contributed by atoms with Gasteiger partial charge in [0.25, 0.3) is 0 Å². The second-order valence-electron chi connectivity index (χ2n) is 23.2. The molecule has 0 radical (unpaired) electrons. The molecule has 24 unspecified atom stereocenters. The Morgan fingerprint density at radius 2 is 1.06 bits per heavy atom. The minimum Gasteiger partial charge on any atom is -0.0667 e. The van der Waals surface area contributed by atoms with E-state index >= 15 is 0 Å². The highest BCUT2D eigenvalue weighted by atomic mass is 15.0. The van der Waals surface area contributed by atoms with Crippen LogP contribution in [0.15, 0.2) is 57.7 Å². The fourth-order valence-corrected chi connectivity index (χ4v) is 26.6. The number of rotatable bonds is 0. The van der Waals surface area contributed by atoms with Gasteiger partial charge in [0.05, 0.1) is 0 Å². The Kier molecular flexibility index (Phi) is 3.17. The monoisotopic (exact) mass is 638 g/mol. The molecule has 1 aromatic carbocycles. The third kappa shape index (κ3) is 1.71. The van der Waals surface area contributed by atoms with E-state index < -0.39 is 0 Å². The Labute approximate surface area is 291 Å². The maximum Gasteiger partial charge on any atom is -0.00173 e. The number of hydrogen-bond acceptors (Lipinski definition) is 0. The quantitative estimate of drug-likeness (QED) is 0.248. The lowest BCUT2D eigenvalue weighted by atomic mass is 9.30. The molecule has 246 valence electrons. The second kappa shape index (κ2) is 6.50. The van der Waals surface area contributed by atoms with Gasteiger partial charge in [-0.15, -0.1) is 0 Å². The Hall–Kier alpha value is -1.56. The van der Waals surface area contributed by atoms with Crippen LogP contribution in [-0.2, 0) is 0 Å². The van der Waals surface area contributed by atoms with Gasteiger partial charge in [0.2, 0.25) is 0 Å². The summed E-state index contributed by atoms with van der Waals surface area (Å²) in [5.74, 6) is 25.9. The molecule has 0 heterocycles. The molecular formula is C49H50. The van der Waals surface area contributed by atoms with Crippen molar-refractivity contribution in [3.05, 3.63) is 68.8 Å². The van der Waals surface area contributed by atoms with Crippen LogP contribution in [0.3, 0.4) is 0 Å². The highest BCUT2D eigenvalue weighted by molar-refractivity contribution is 5.67. The summed E-state index contributed by atoms with van der Waals surface area (Å²) in [6.45, 7) is 0. The van der Waals surface area contributed by atoms with Gasteiger partial charge < -0.3 is 0 Å². The van der Waals surface area contributed by atoms with Crippen molar-refractivity contribution in [1.29, 1.82) is 0 Å². The van der Waals surface area contributed by atoms with Gasteiger partial charge in [-0.3, -0.25) is 0 Å². The molecule has 0 N–H and O–H groups in total. The topological polar surface area (TPSA) is 0 Å². The van der Waals surface area contributed by atoms with Crippen LogP contribution in [-0.4, -0.2) is 0 Å². The normalized spacial score (nSPS) is 71.9. The first-order valence-electron chi connectivity index (χ1n) is 22.6. The maximum atomic E-state index is 2.72. The standard InChI is InChI=1S/C49H50/c1-2-4-17-16(3-1)28-15-29(17)49-27-14-13-26-24-11-9-22-20-7-5-18-19-6-8-21-23-10-12-25(27)37-35(23)40-33(21)31(19)38-30(18)32(20)39-34(22)36(24)46(48(26,28)49)44-42(39)41(38)43(40)45(44)47(37)49/h1-4,18-22,26-34,38-47H,5-15H2/t18?,19?,20?,21?,22?,26?,27?,28-,29+,30?,31?,32?,33?,34?,38?,39?,40?,41?,42?,43?,44?,45?,46?,47?,48?,49?/m0/s1. The van der Waals surface area contributed by atoms with Crippen molar-refractivity contribution in [3.8, 4) is 0 Å². The average Bonchev–Trinajstić information content (AvgIpc) is 3.99. The summed E-state index contributed by atoms with van der Waals surface area (Å²) in [5.41, 5.74) is 18.4. The van der Waals surface area contributed by atoms with Crippen LogP contribution in [0.5, 0.6) is 0 Å². The van der Waals surface area contributed by atoms with Gasteiger partial charge in [-0.1, -0.05) is 46.6 Å². The molecule has 2 spiro atoms. The van der Waals surface area contributed by atoms with Crippen molar-refractivity contribution in [3.63, 3.8) is 0 Å². The van der Waals surface area contributed by atoms with Crippen molar-refractivity contribution in [2.45, 2.75) is 82.5 Å². The molecular weight excluding hydrogens is 589 g/mol. The zero-order chi connectivity index (χ0) is 30.1. The van der Waals surface area contributed by atoms with E-state index in [9.17, 15) is 0 Å². The minimum atomic E-state index is 0.589. The summed E-state index contributed by atoms with van der Waals surface area (Å²) in [6.07, 6.45) is 17.6. The van der Waals surface area contributed by atoms with E-state index in [0.717, 1.165) is 124 Å². The number of hydrogen-bond donors (Lipinski definition) is 0. The summed E-state index contributed by atoms with van der Waals surface area (Å²) in [6, 6.07) is 10.4. The van der Waals surface area contributed by atoms with Gasteiger partial charge in [-0.05, 0) is 246 Å². The van der Waals surface area contributed by atoms with E-state index in [1.807, 2.05) is 11.1 Å². The summed E-state index contributed by atoms with van der Waals surface area (Å²) in [5, 5.41) is 0. The third-order valence-corrected chi connectivity index (χ3v) is 24.9. The molecule has 12 saturated carbocycles. The van der Waals surface area contributed by atoms with Gasteiger partial charge in [0.1, 0.15) is 0 Å². The van der Waals surface area contributed by atoms with E-state index in [0.29, 0.717) is 10.8 Å². The van der Waals surface area contributed by atoms with Crippen molar-refractivity contribution in [2.75, 3.05) is 0 Å². The molecule has 1 aromatic rings. The molecule has 0 nitrogen and oxygen atoms in total. The lowest BCUT2D eigenvalue weighted by molar-refractivity contribution is -0.209. The predicted octanol–water partition coefficient (Wildman–Crippen LogP) is 9.81. The van der Waals surface area contributed by atoms with Gasteiger partial charge in [0.15, 0.2) is 0 Å². The predicted molar refractivity (Wildman–Crippen MR) is 185 cm³/mol. The number of fused-ring (bicyclic) bond motifs is 5. The van der Waals surface area contributed by atoms with Gasteiger partial charge in [-0.25, -0.2) is 0 Å². The summed E-state index contributed by atoms with van der Waals surface area (Å²) in [7, 11) is 0. The Balaban J connectivity index is 1.03. The van der Waals surface area contributed by atoms with Crippen molar-refractivity contribution in [1.82, 2.24) is 0 Å². The van der Waals surface area contributed by atoms with Crippen molar-refractivity contribution in [2.24, 2.45) is 141 Å². The van der Waals surface area contributed by atoms with Crippen LogP contribution in [0.2, 0.25) is 0 Å². The molecule has 19 aliphatic carbocycles. The first-order valence-corrected chi connectivity index (χ1v) is 22.6. The number of allylic oxidation sites excluding steroid dienone is 6. The van der Waals surface area contributed by atoms with Crippen LogP contribution in [0, 0.1) is 141 Å². The van der Waals surface area contributed by atoms with E-state index in [4.69, 9.17) is 0 Å². The Morgan fingerprint density at radius 1 is 0.429 bits per heavy atom. The fraction of sp³-hybridized carbons (Fsp3) is 0.755. The first kappa shape index (κ1) is 23.9. The van der Waals surface area contributed by atoms with Crippen LogP contribution in [0.4, 0.5) is 0 Å². The molecule has 20 rings (SSSR count). The molecule has 2 bridgehead atoms. The molecule has 0 saturated heterocycles. The number of benzene rings is 1. The fourth-order valence-electron chi connectivity index (χ4n) is 26.6. The minimum absolute atomic E-state index is 0.589. The largest absolute Gasteiger partial charge is 0.0667 e. The van der Waals surface area contributed by atoms with Crippen molar-refractivity contribution < 1.29 is 0 Å². The van der Waals surface area contributed by atoms with Crippen LogP contribution >= 0.6 is 0 Å². The molecule has 49 heavy (non-hydrogen) atoms. The average molecular weight is 639 g/mol. The van der Waals surface area contributed by atoms with Gasteiger partial charge in [0, 0.05) is 0 Å². The molecule has 0 aromatic heterocycles. The maximum absolute atomic E-state index is 2.72. The molecule has 0 heteroatoms. The molecule has 0 amide bonds. The molecule has 19 aliphatic rings. The molecule has 12 fully saturated rings. The highest BCUT2D eigenvalue weighted by Gasteiger charge is 2.93. The lowest BCUT2D eigenvalue weighted by Gasteiger charge is -2.72. The molecule has 0 aliphatic heterocycles. The Morgan fingerprint density at radius 3 is 1.92 bits per heavy atom. The molecule has 26 atom stereocenters. The second-order valence-corrected chi connectivity index (χ2v) is 23.2. The smallest absolute Gasteiger partial charge is 0.00173 e. The van der Waals surface area contributed by atoms with E-state index in [1.165, 1.54) is 30.6 Å².